The molecule has 0 aliphatic carbocycles. The zero-order chi connectivity index (χ0) is 12.1. The van der Waals surface area contributed by atoms with E-state index in [0.29, 0.717) is 12.0 Å². The molecule has 0 aromatic carbocycles. The molecule has 0 saturated carbocycles. The van der Waals surface area contributed by atoms with Crippen LogP contribution in [0.4, 0.5) is 5.95 Å². The highest BCUT2D eigenvalue weighted by Crippen LogP contribution is 2.14. The average molecular weight is 224 g/mol. The molecule has 0 fully saturated rings. The van der Waals surface area contributed by atoms with E-state index in [1.165, 1.54) is 0 Å². The van der Waals surface area contributed by atoms with Crippen molar-refractivity contribution in [3.05, 3.63) is 12.4 Å². The normalized spacial score (nSPS) is 13.4. The van der Waals surface area contributed by atoms with Crippen molar-refractivity contribution in [2.24, 2.45) is 5.92 Å². The molecule has 1 heterocycles. The van der Waals surface area contributed by atoms with Crippen LogP contribution in [0.15, 0.2) is 12.4 Å². The fourth-order valence-corrected chi connectivity index (χ4v) is 1.72. The zero-order valence-corrected chi connectivity index (χ0v) is 11.1. The molecule has 0 radical (unpaired) electrons. The minimum atomic E-state index is 0.437. The predicted molar refractivity (Wildman–Crippen MR) is 68.8 cm³/mol. The molecule has 0 saturated heterocycles. The average Bonchev–Trinajstić information content (AvgIpc) is 2.61. The number of nitrogens with zero attached hydrogens (tertiary/aromatic N) is 3. The van der Waals surface area contributed by atoms with Crippen molar-refractivity contribution in [3.8, 4) is 0 Å². The molecule has 0 aliphatic heterocycles. The number of aromatic nitrogens is 2. The lowest BCUT2D eigenvalue weighted by molar-refractivity contribution is 0.338. The van der Waals surface area contributed by atoms with Crippen molar-refractivity contribution >= 4 is 5.95 Å². The van der Waals surface area contributed by atoms with Gasteiger partial charge in [-0.1, -0.05) is 13.8 Å². The van der Waals surface area contributed by atoms with Gasteiger partial charge in [0.1, 0.15) is 0 Å². The van der Waals surface area contributed by atoms with Crippen LogP contribution in [-0.4, -0.2) is 41.6 Å². The Morgan fingerprint density at radius 3 is 2.62 bits per heavy atom. The van der Waals surface area contributed by atoms with Crippen molar-refractivity contribution in [2.45, 2.75) is 26.8 Å². The van der Waals surface area contributed by atoms with Gasteiger partial charge in [-0.15, -0.1) is 0 Å². The first-order valence-electron chi connectivity index (χ1n) is 5.92. The van der Waals surface area contributed by atoms with Crippen LogP contribution < -0.4 is 5.32 Å². The van der Waals surface area contributed by atoms with Gasteiger partial charge in [0.15, 0.2) is 0 Å². The van der Waals surface area contributed by atoms with Gasteiger partial charge >= 0.3 is 0 Å². The number of hydrogen-bond donors (Lipinski definition) is 1. The highest BCUT2D eigenvalue weighted by Gasteiger charge is 2.10. The molecular weight excluding hydrogens is 200 g/mol. The largest absolute Gasteiger partial charge is 0.355 e. The highest BCUT2D eigenvalue weighted by molar-refractivity contribution is 5.26. The maximum Gasteiger partial charge on any atom is 0.203 e. The van der Waals surface area contributed by atoms with Crippen LogP contribution in [0.3, 0.4) is 0 Å². The van der Waals surface area contributed by atoms with E-state index in [1.807, 2.05) is 12.4 Å². The van der Waals surface area contributed by atoms with E-state index in [0.717, 1.165) is 19.0 Å². The molecule has 1 N–H and O–H groups in total. The predicted octanol–water partition coefficient (Wildman–Crippen LogP) is 2.07. The summed E-state index contributed by atoms with van der Waals surface area (Å²) >= 11 is 0. The van der Waals surface area contributed by atoms with E-state index in [4.69, 9.17) is 0 Å². The Hall–Kier alpha value is -1.03. The second-order valence-corrected chi connectivity index (χ2v) is 5.04. The van der Waals surface area contributed by atoms with Gasteiger partial charge in [-0.2, -0.15) is 0 Å². The van der Waals surface area contributed by atoms with Gasteiger partial charge in [-0.05, 0) is 26.9 Å². The monoisotopic (exact) mass is 224 g/mol. The van der Waals surface area contributed by atoms with Gasteiger partial charge in [0.25, 0.3) is 0 Å². The van der Waals surface area contributed by atoms with E-state index >= 15 is 0 Å². The second-order valence-electron chi connectivity index (χ2n) is 5.04. The molecule has 1 rings (SSSR count). The van der Waals surface area contributed by atoms with Crippen molar-refractivity contribution < 1.29 is 0 Å². The SMILES string of the molecule is CC(C)CNc1nccn1C(C)CN(C)C. The summed E-state index contributed by atoms with van der Waals surface area (Å²) in [6, 6.07) is 0.437. The molecule has 1 atom stereocenters. The van der Waals surface area contributed by atoms with Gasteiger partial charge in [-0.3, -0.25) is 0 Å². The maximum atomic E-state index is 4.35. The summed E-state index contributed by atoms with van der Waals surface area (Å²) in [5.41, 5.74) is 0. The summed E-state index contributed by atoms with van der Waals surface area (Å²) in [6.07, 6.45) is 3.89. The minimum absolute atomic E-state index is 0.437. The van der Waals surface area contributed by atoms with Crippen LogP contribution in [0, 0.1) is 5.92 Å². The molecule has 4 nitrogen and oxygen atoms in total. The van der Waals surface area contributed by atoms with Crippen LogP contribution in [0.25, 0.3) is 0 Å². The molecule has 0 amide bonds. The number of likely N-dealkylation sites (N-methyl/N-ethyl adjacent to an activating group) is 1. The Balaban J connectivity index is 2.62. The van der Waals surface area contributed by atoms with Crippen molar-refractivity contribution in [2.75, 3.05) is 32.5 Å². The van der Waals surface area contributed by atoms with Crippen LogP contribution in [0.1, 0.15) is 26.8 Å². The number of imidazole rings is 1. The molecule has 16 heavy (non-hydrogen) atoms. The molecule has 1 unspecified atom stereocenters. The van der Waals surface area contributed by atoms with Crippen LogP contribution in [-0.2, 0) is 0 Å². The van der Waals surface area contributed by atoms with Crippen LogP contribution >= 0.6 is 0 Å². The Morgan fingerprint density at radius 2 is 2.06 bits per heavy atom. The summed E-state index contributed by atoms with van der Waals surface area (Å²) < 4.78 is 2.20. The van der Waals surface area contributed by atoms with E-state index in [9.17, 15) is 0 Å². The number of anilines is 1. The third-order valence-corrected chi connectivity index (χ3v) is 2.44. The Labute approximate surface area is 98.7 Å². The summed E-state index contributed by atoms with van der Waals surface area (Å²) in [5, 5.41) is 3.38. The highest BCUT2D eigenvalue weighted by atomic mass is 15.2. The number of rotatable bonds is 6. The lowest BCUT2D eigenvalue weighted by Crippen LogP contribution is -2.23. The summed E-state index contributed by atoms with van der Waals surface area (Å²) in [6.45, 7) is 8.59. The van der Waals surface area contributed by atoms with E-state index in [2.05, 4.69) is 54.6 Å². The fraction of sp³-hybridized carbons (Fsp3) is 0.750. The lowest BCUT2D eigenvalue weighted by Gasteiger charge is -2.21. The molecule has 0 bridgehead atoms. The fourth-order valence-electron chi connectivity index (χ4n) is 1.72. The van der Waals surface area contributed by atoms with Gasteiger partial charge < -0.3 is 14.8 Å². The zero-order valence-electron chi connectivity index (χ0n) is 11.1. The molecule has 92 valence electrons. The molecule has 0 aliphatic rings. The summed E-state index contributed by atoms with van der Waals surface area (Å²) in [4.78, 5) is 6.54. The first kappa shape index (κ1) is 13.0. The van der Waals surface area contributed by atoms with Gasteiger partial charge in [0.05, 0.1) is 0 Å². The third kappa shape index (κ3) is 3.85. The smallest absolute Gasteiger partial charge is 0.203 e. The van der Waals surface area contributed by atoms with E-state index in [-0.39, 0.29) is 0 Å². The maximum absolute atomic E-state index is 4.35. The Bertz CT molecular complexity index is 304. The standard InChI is InChI=1S/C12H24N4/c1-10(2)8-14-12-13-6-7-16(12)11(3)9-15(4)5/h6-7,10-11H,8-9H2,1-5H3,(H,13,14). The van der Waals surface area contributed by atoms with Gasteiger partial charge in [0.2, 0.25) is 5.95 Å². The first-order valence-corrected chi connectivity index (χ1v) is 5.92. The van der Waals surface area contributed by atoms with Gasteiger partial charge in [-0.25, -0.2) is 4.98 Å². The topological polar surface area (TPSA) is 33.1 Å². The Kier molecular flexibility index (Phi) is 4.80. The Morgan fingerprint density at radius 1 is 1.38 bits per heavy atom. The minimum Gasteiger partial charge on any atom is -0.355 e. The van der Waals surface area contributed by atoms with Crippen LogP contribution in [0.5, 0.6) is 0 Å². The lowest BCUT2D eigenvalue weighted by atomic mass is 10.2. The second kappa shape index (κ2) is 5.89. The number of hydrogen-bond acceptors (Lipinski definition) is 3. The van der Waals surface area contributed by atoms with Gasteiger partial charge in [0, 0.05) is 31.5 Å². The first-order chi connectivity index (χ1) is 7.50. The number of nitrogens with one attached hydrogen (secondary N) is 1. The molecule has 4 heteroatoms. The molecule has 0 spiro atoms. The summed E-state index contributed by atoms with van der Waals surface area (Å²) in [5.74, 6) is 1.61. The summed E-state index contributed by atoms with van der Waals surface area (Å²) in [7, 11) is 4.18. The molecule has 1 aromatic heterocycles. The quantitative estimate of drug-likeness (QED) is 0.803. The van der Waals surface area contributed by atoms with E-state index in [1.54, 1.807) is 0 Å². The van der Waals surface area contributed by atoms with E-state index < -0.39 is 0 Å². The van der Waals surface area contributed by atoms with Crippen molar-refractivity contribution in [1.82, 2.24) is 14.5 Å². The van der Waals surface area contributed by atoms with Crippen molar-refractivity contribution in [1.29, 1.82) is 0 Å². The third-order valence-electron chi connectivity index (χ3n) is 2.44. The van der Waals surface area contributed by atoms with Crippen LogP contribution in [0.2, 0.25) is 0 Å². The van der Waals surface area contributed by atoms with Crippen molar-refractivity contribution in [3.63, 3.8) is 0 Å². The molecular formula is C12H24N4. The molecule has 1 aromatic rings.